The molecule has 1 fully saturated rings. The first kappa shape index (κ1) is 20.1. The van der Waals surface area contributed by atoms with Gasteiger partial charge in [0.1, 0.15) is 5.84 Å². The van der Waals surface area contributed by atoms with Gasteiger partial charge in [-0.1, -0.05) is 24.3 Å². The number of nitrogens with one attached hydrogen (secondary N) is 1. The standard InChI is InChI=1S/C22H22N4O3S2/c27-20(11-12-23-21-16-7-1-4-10-19(16)31(28,29)25-21)26-13-5-6-15(14-26)22-24-17-8-2-3-9-18(17)30-22/h1-4,7-10,15H,5-6,11-14H2,(H,23,25). The first-order valence-electron chi connectivity index (χ1n) is 10.3. The number of para-hydroxylation sites is 1. The highest BCUT2D eigenvalue weighted by Crippen LogP contribution is 2.33. The Morgan fingerprint density at radius 1 is 1.19 bits per heavy atom. The smallest absolute Gasteiger partial charge is 0.263 e. The van der Waals surface area contributed by atoms with Crippen LogP contribution in [0, 0.1) is 0 Å². The number of likely N-dealkylation sites (tertiary alicyclic amines) is 1. The monoisotopic (exact) mass is 454 g/mol. The maximum atomic E-state index is 12.8. The summed E-state index contributed by atoms with van der Waals surface area (Å²) in [6.45, 7) is 1.66. The summed E-state index contributed by atoms with van der Waals surface area (Å²) in [5.41, 5.74) is 1.57. The van der Waals surface area contributed by atoms with E-state index in [0.717, 1.165) is 29.9 Å². The molecule has 0 bridgehead atoms. The highest BCUT2D eigenvalue weighted by Gasteiger charge is 2.30. The van der Waals surface area contributed by atoms with Gasteiger partial charge in [-0.15, -0.1) is 11.3 Å². The molecular formula is C22H22N4O3S2. The molecule has 1 aromatic heterocycles. The lowest BCUT2D eigenvalue weighted by atomic mass is 9.98. The summed E-state index contributed by atoms with van der Waals surface area (Å²) >= 11 is 1.71. The molecular weight excluding hydrogens is 432 g/mol. The number of carbonyl (C=O) groups excluding carboxylic acids is 1. The van der Waals surface area contributed by atoms with Crippen molar-refractivity contribution in [3.05, 3.63) is 59.1 Å². The van der Waals surface area contributed by atoms with Crippen LogP contribution in [0.5, 0.6) is 0 Å². The number of sulfonamides is 1. The fraction of sp³-hybridized carbons (Fsp3) is 0.318. The quantitative estimate of drug-likeness (QED) is 0.656. The third kappa shape index (κ3) is 3.95. The minimum absolute atomic E-state index is 0.0456. The van der Waals surface area contributed by atoms with E-state index in [1.165, 1.54) is 4.70 Å². The van der Waals surface area contributed by atoms with E-state index in [1.54, 1.807) is 35.6 Å². The fourth-order valence-electron chi connectivity index (χ4n) is 4.14. The molecule has 1 unspecified atom stereocenters. The summed E-state index contributed by atoms with van der Waals surface area (Å²) in [5.74, 6) is 0.619. The first-order chi connectivity index (χ1) is 15.0. The molecule has 3 heterocycles. The largest absolute Gasteiger partial charge is 0.342 e. The number of benzene rings is 2. The van der Waals surface area contributed by atoms with Crippen LogP contribution in [0.25, 0.3) is 10.2 Å². The Kier molecular flexibility index (Phi) is 5.23. The second-order valence-electron chi connectivity index (χ2n) is 7.78. The molecule has 0 radical (unpaired) electrons. The molecule has 1 atom stereocenters. The molecule has 1 saturated heterocycles. The number of carbonyl (C=O) groups is 1. The molecule has 1 N–H and O–H groups in total. The number of amides is 1. The number of thiazole rings is 1. The highest BCUT2D eigenvalue weighted by molar-refractivity contribution is 7.90. The van der Waals surface area contributed by atoms with Crippen molar-refractivity contribution in [3.8, 4) is 0 Å². The van der Waals surface area contributed by atoms with Gasteiger partial charge in [0.15, 0.2) is 0 Å². The van der Waals surface area contributed by atoms with Crippen LogP contribution in [0.15, 0.2) is 58.4 Å². The Labute approximate surface area is 184 Å². The van der Waals surface area contributed by atoms with Gasteiger partial charge in [-0.2, -0.15) is 0 Å². The van der Waals surface area contributed by atoms with Gasteiger partial charge in [0.2, 0.25) is 5.91 Å². The van der Waals surface area contributed by atoms with E-state index in [4.69, 9.17) is 4.98 Å². The van der Waals surface area contributed by atoms with E-state index in [0.29, 0.717) is 17.9 Å². The van der Waals surface area contributed by atoms with E-state index < -0.39 is 10.0 Å². The summed E-state index contributed by atoms with van der Waals surface area (Å²) < 4.78 is 28.0. The van der Waals surface area contributed by atoms with Crippen molar-refractivity contribution in [1.29, 1.82) is 0 Å². The van der Waals surface area contributed by atoms with Crippen molar-refractivity contribution in [2.75, 3.05) is 19.6 Å². The van der Waals surface area contributed by atoms with Crippen molar-refractivity contribution in [1.82, 2.24) is 14.6 Å². The second-order valence-corrected chi connectivity index (χ2v) is 10.5. The topological polar surface area (TPSA) is 91.7 Å². The van der Waals surface area contributed by atoms with Gasteiger partial charge in [-0.25, -0.2) is 13.4 Å². The zero-order valence-corrected chi connectivity index (χ0v) is 18.5. The number of aromatic nitrogens is 1. The van der Waals surface area contributed by atoms with Crippen LogP contribution < -0.4 is 4.72 Å². The number of rotatable bonds is 4. The van der Waals surface area contributed by atoms with Crippen molar-refractivity contribution < 1.29 is 13.2 Å². The number of hydrogen-bond acceptors (Lipinski definition) is 6. The number of piperidine rings is 1. The van der Waals surface area contributed by atoms with Crippen LogP contribution in [0.4, 0.5) is 0 Å². The number of aliphatic imine (C=N–C) groups is 1. The minimum Gasteiger partial charge on any atom is -0.342 e. The van der Waals surface area contributed by atoms with Crippen molar-refractivity contribution >= 4 is 43.3 Å². The molecule has 31 heavy (non-hydrogen) atoms. The third-order valence-electron chi connectivity index (χ3n) is 5.69. The Morgan fingerprint density at radius 2 is 2.00 bits per heavy atom. The molecule has 0 aliphatic carbocycles. The average molecular weight is 455 g/mol. The van der Waals surface area contributed by atoms with Gasteiger partial charge >= 0.3 is 0 Å². The molecule has 7 nitrogen and oxygen atoms in total. The number of amidine groups is 1. The Bertz CT molecular complexity index is 1250. The summed E-state index contributed by atoms with van der Waals surface area (Å²) in [7, 11) is -3.56. The minimum atomic E-state index is -3.56. The predicted molar refractivity (Wildman–Crippen MR) is 121 cm³/mol. The summed E-state index contributed by atoms with van der Waals surface area (Å²) in [6, 6.07) is 14.9. The van der Waals surface area contributed by atoms with Crippen LogP contribution >= 0.6 is 11.3 Å². The second kappa shape index (κ2) is 8.05. The normalized spacial score (nSPS) is 21.2. The Balaban J connectivity index is 1.23. The van der Waals surface area contributed by atoms with E-state index >= 15 is 0 Å². The molecule has 0 spiro atoms. The highest BCUT2D eigenvalue weighted by atomic mass is 32.2. The lowest BCUT2D eigenvalue weighted by molar-refractivity contribution is -0.132. The lowest BCUT2D eigenvalue weighted by Gasteiger charge is -2.31. The zero-order valence-electron chi connectivity index (χ0n) is 16.8. The van der Waals surface area contributed by atoms with Gasteiger partial charge in [0, 0.05) is 31.0 Å². The molecule has 2 aromatic carbocycles. The van der Waals surface area contributed by atoms with Crippen molar-refractivity contribution in [2.45, 2.75) is 30.1 Å². The molecule has 5 rings (SSSR count). The van der Waals surface area contributed by atoms with Crippen LogP contribution in [-0.2, 0) is 14.8 Å². The molecule has 9 heteroatoms. The molecule has 3 aromatic rings. The molecule has 0 saturated carbocycles. The van der Waals surface area contributed by atoms with E-state index in [9.17, 15) is 13.2 Å². The molecule has 160 valence electrons. The lowest BCUT2D eigenvalue weighted by Crippen LogP contribution is -2.39. The summed E-state index contributed by atoms with van der Waals surface area (Å²) in [6.07, 6.45) is 2.23. The zero-order chi connectivity index (χ0) is 21.4. The van der Waals surface area contributed by atoms with E-state index in [2.05, 4.69) is 15.8 Å². The van der Waals surface area contributed by atoms with Crippen LogP contribution in [0.1, 0.15) is 35.8 Å². The van der Waals surface area contributed by atoms with Crippen molar-refractivity contribution in [3.63, 3.8) is 0 Å². The number of fused-ring (bicyclic) bond motifs is 2. The maximum Gasteiger partial charge on any atom is 0.263 e. The van der Waals surface area contributed by atoms with Gasteiger partial charge in [-0.3, -0.25) is 14.5 Å². The summed E-state index contributed by atoms with van der Waals surface area (Å²) in [4.78, 5) is 24.1. The Hall–Kier alpha value is -2.78. The van der Waals surface area contributed by atoms with Gasteiger partial charge in [0.25, 0.3) is 10.0 Å². The summed E-state index contributed by atoms with van der Waals surface area (Å²) in [5, 5.41) is 1.09. The van der Waals surface area contributed by atoms with Gasteiger partial charge in [-0.05, 0) is 37.1 Å². The SMILES string of the molecule is O=C(CCN=C1NS(=O)(=O)c2ccccc21)N1CCCC(c2nc3ccccc3s2)C1. The first-order valence-corrected chi connectivity index (χ1v) is 12.6. The van der Waals surface area contributed by atoms with Gasteiger partial charge < -0.3 is 4.90 Å². The van der Waals surface area contributed by atoms with E-state index in [-0.39, 0.29) is 29.7 Å². The predicted octanol–water partition coefficient (Wildman–Crippen LogP) is 3.13. The van der Waals surface area contributed by atoms with E-state index in [1.807, 2.05) is 23.1 Å². The number of nitrogens with zero attached hydrogens (tertiary/aromatic N) is 3. The average Bonchev–Trinajstić information content (AvgIpc) is 3.33. The fourth-order valence-corrected chi connectivity index (χ4v) is 6.49. The molecule has 2 aliphatic heterocycles. The van der Waals surface area contributed by atoms with Crippen LogP contribution in [0.3, 0.4) is 0 Å². The molecule has 2 aliphatic rings. The molecule has 1 amide bonds. The van der Waals surface area contributed by atoms with Crippen molar-refractivity contribution in [2.24, 2.45) is 4.99 Å². The third-order valence-corrected chi connectivity index (χ3v) is 8.29. The maximum absolute atomic E-state index is 12.8. The van der Waals surface area contributed by atoms with Gasteiger partial charge in [0.05, 0.1) is 26.7 Å². The Morgan fingerprint density at radius 3 is 2.87 bits per heavy atom. The van der Waals surface area contributed by atoms with Crippen LogP contribution in [0.2, 0.25) is 0 Å². The van der Waals surface area contributed by atoms with Crippen LogP contribution in [-0.4, -0.2) is 49.7 Å². The number of hydrogen-bond donors (Lipinski definition) is 1.